The van der Waals surface area contributed by atoms with Gasteiger partial charge in [0.1, 0.15) is 17.2 Å². The van der Waals surface area contributed by atoms with E-state index >= 15 is 0 Å². The number of nitrogens with one attached hydrogen (secondary N) is 2. The molecule has 4 aromatic rings. The molecule has 1 heterocycles. The minimum atomic E-state index is -0.422. The lowest BCUT2D eigenvalue weighted by atomic mass is 10.1. The molecule has 0 saturated heterocycles. The second kappa shape index (κ2) is 10.7. The van der Waals surface area contributed by atoms with Gasteiger partial charge in [0.05, 0.1) is 0 Å². The maximum absolute atomic E-state index is 13.0. The summed E-state index contributed by atoms with van der Waals surface area (Å²) in [6.45, 7) is 2.33. The molecule has 0 aliphatic rings. The molecule has 0 fully saturated rings. The van der Waals surface area contributed by atoms with Gasteiger partial charge in [0.15, 0.2) is 0 Å². The van der Waals surface area contributed by atoms with Crippen LogP contribution in [-0.4, -0.2) is 11.8 Å². The fourth-order valence-corrected chi connectivity index (χ4v) is 3.39. The van der Waals surface area contributed by atoms with E-state index in [-0.39, 0.29) is 11.6 Å². The summed E-state index contributed by atoms with van der Waals surface area (Å²) in [5, 5.41) is 6.21. The van der Waals surface area contributed by atoms with Crippen LogP contribution in [0.3, 0.4) is 0 Å². The smallest absolute Gasteiger partial charge is 0.268 e. The highest BCUT2D eigenvalue weighted by Gasteiger charge is 2.16. The lowest BCUT2D eigenvalue weighted by Crippen LogP contribution is -2.34. The molecular formula is C28H23ClN2O3. The monoisotopic (exact) mass is 470 g/mol. The van der Waals surface area contributed by atoms with E-state index in [9.17, 15) is 9.59 Å². The molecule has 34 heavy (non-hydrogen) atoms. The lowest BCUT2D eigenvalue weighted by Gasteiger charge is -2.11. The fraction of sp³-hybridized carbons (Fsp3) is 0.0714. The summed E-state index contributed by atoms with van der Waals surface area (Å²) in [5.41, 5.74) is 3.47. The quantitative estimate of drug-likeness (QED) is 0.325. The lowest BCUT2D eigenvalue weighted by molar-refractivity contribution is -0.117. The summed E-state index contributed by atoms with van der Waals surface area (Å²) in [6.07, 6.45) is 1.52. The van der Waals surface area contributed by atoms with E-state index in [4.69, 9.17) is 16.0 Å². The van der Waals surface area contributed by atoms with Crippen LogP contribution in [0.4, 0.5) is 0 Å². The molecule has 5 nitrogen and oxygen atoms in total. The van der Waals surface area contributed by atoms with Crippen molar-refractivity contribution in [1.29, 1.82) is 0 Å². The van der Waals surface area contributed by atoms with Crippen LogP contribution in [-0.2, 0) is 11.3 Å². The zero-order valence-electron chi connectivity index (χ0n) is 18.5. The van der Waals surface area contributed by atoms with E-state index in [1.165, 1.54) is 6.08 Å². The van der Waals surface area contributed by atoms with Crippen LogP contribution < -0.4 is 10.6 Å². The van der Waals surface area contributed by atoms with Gasteiger partial charge in [0, 0.05) is 28.8 Å². The van der Waals surface area contributed by atoms with Crippen molar-refractivity contribution in [1.82, 2.24) is 10.6 Å². The molecule has 0 atom stereocenters. The topological polar surface area (TPSA) is 71.3 Å². The third-order valence-corrected chi connectivity index (χ3v) is 5.40. The molecule has 3 aromatic carbocycles. The highest BCUT2D eigenvalue weighted by Crippen LogP contribution is 2.24. The van der Waals surface area contributed by atoms with Gasteiger partial charge in [0.25, 0.3) is 11.8 Å². The van der Waals surface area contributed by atoms with Crippen LogP contribution in [0, 0.1) is 6.92 Å². The SMILES string of the molecule is Cc1ccc(CNC(=O)/C(=C/c2ccc(-c3ccc(Cl)cc3)o2)NC(=O)c2ccccc2)cc1. The van der Waals surface area contributed by atoms with Gasteiger partial charge < -0.3 is 15.1 Å². The van der Waals surface area contributed by atoms with Crippen LogP contribution in [0.25, 0.3) is 17.4 Å². The zero-order chi connectivity index (χ0) is 23.9. The first-order chi connectivity index (χ1) is 16.5. The van der Waals surface area contributed by atoms with Gasteiger partial charge in [-0.05, 0) is 61.0 Å². The molecular weight excluding hydrogens is 448 g/mol. The largest absolute Gasteiger partial charge is 0.457 e. The summed E-state index contributed by atoms with van der Waals surface area (Å²) in [7, 11) is 0. The standard InChI is InChI=1S/C28H23ClN2O3/c1-19-7-9-20(10-8-19)18-30-28(33)25(31-27(32)22-5-3-2-4-6-22)17-24-15-16-26(34-24)21-11-13-23(29)14-12-21/h2-17H,18H2,1H3,(H,30,33)(H,31,32)/b25-17-. The number of halogens is 1. The Hall–Kier alpha value is -4.09. The Bertz CT molecular complexity index is 1310. The number of amides is 2. The summed E-state index contributed by atoms with van der Waals surface area (Å²) in [5.74, 6) is 0.242. The molecule has 0 aliphatic heterocycles. The Morgan fingerprint density at radius 1 is 0.882 bits per heavy atom. The van der Waals surface area contributed by atoms with Crippen molar-refractivity contribution in [3.8, 4) is 11.3 Å². The molecule has 0 bridgehead atoms. The maximum atomic E-state index is 13.0. The molecule has 0 saturated carbocycles. The molecule has 1 aromatic heterocycles. The van der Waals surface area contributed by atoms with Crippen molar-refractivity contribution < 1.29 is 14.0 Å². The van der Waals surface area contributed by atoms with Gasteiger partial charge in [-0.25, -0.2) is 0 Å². The summed E-state index contributed by atoms with van der Waals surface area (Å²) in [4.78, 5) is 25.8. The third-order valence-electron chi connectivity index (χ3n) is 5.14. The summed E-state index contributed by atoms with van der Waals surface area (Å²) >= 11 is 5.96. The Morgan fingerprint density at radius 2 is 1.59 bits per heavy atom. The Balaban J connectivity index is 1.56. The second-order valence-corrected chi connectivity index (χ2v) is 8.19. The number of hydrogen-bond donors (Lipinski definition) is 2. The average Bonchev–Trinajstić information content (AvgIpc) is 3.32. The first-order valence-electron chi connectivity index (χ1n) is 10.8. The Labute approximate surface area is 203 Å². The molecule has 0 unspecified atom stereocenters. The van der Waals surface area contributed by atoms with Gasteiger partial charge in [-0.3, -0.25) is 9.59 Å². The normalized spacial score (nSPS) is 11.2. The van der Waals surface area contributed by atoms with E-state index in [0.717, 1.165) is 16.7 Å². The average molecular weight is 471 g/mol. The van der Waals surface area contributed by atoms with Gasteiger partial charge in [-0.1, -0.05) is 59.6 Å². The molecule has 6 heteroatoms. The van der Waals surface area contributed by atoms with Crippen molar-refractivity contribution in [2.75, 3.05) is 0 Å². The number of carbonyl (C=O) groups is 2. The number of hydrogen-bond acceptors (Lipinski definition) is 3. The number of benzene rings is 3. The zero-order valence-corrected chi connectivity index (χ0v) is 19.3. The molecule has 2 amide bonds. The van der Waals surface area contributed by atoms with Crippen LogP contribution in [0.2, 0.25) is 5.02 Å². The van der Waals surface area contributed by atoms with E-state index in [1.807, 2.05) is 49.4 Å². The molecule has 170 valence electrons. The van der Waals surface area contributed by atoms with Gasteiger partial charge in [-0.2, -0.15) is 0 Å². The molecule has 2 N–H and O–H groups in total. The summed E-state index contributed by atoms with van der Waals surface area (Å²) in [6, 6.07) is 27.4. The van der Waals surface area contributed by atoms with Gasteiger partial charge in [0.2, 0.25) is 0 Å². The fourth-order valence-electron chi connectivity index (χ4n) is 3.27. The molecule has 0 aliphatic carbocycles. The third kappa shape index (κ3) is 6.03. The van der Waals surface area contributed by atoms with Crippen molar-refractivity contribution >= 4 is 29.5 Å². The molecule has 0 radical (unpaired) electrons. The highest BCUT2D eigenvalue weighted by atomic mass is 35.5. The first-order valence-corrected chi connectivity index (χ1v) is 11.1. The van der Waals surface area contributed by atoms with Crippen LogP contribution in [0.1, 0.15) is 27.2 Å². The van der Waals surface area contributed by atoms with E-state index in [0.29, 0.717) is 28.7 Å². The van der Waals surface area contributed by atoms with Crippen molar-refractivity contribution in [2.24, 2.45) is 0 Å². The minimum Gasteiger partial charge on any atom is -0.457 e. The van der Waals surface area contributed by atoms with Crippen molar-refractivity contribution in [3.63, 3.8) is 0 Å². The maximum Gasteiger partial charge on any atom is 0.268 e. The van der Waals surface area contributed by atoms with E-state index < -0.39 is 5.91 Å². The van der Waals surface area contributed by atoms with E-state index in [1.54, 1.807) is 48.5 Å². The number of furan rings is 1. The van der Waals surface area contributed by atoms with Crippen LogP contribution in [0.15, 0.2) is 101 Å². The summed E-state index contributed by atoms with van der Waals surface area (Å²) < 4.78 is 5.90. The Kier molecular flexibility index (Phi) is 7.25. The van der Waals surface area contributed by atoms with Crippen LogP contribution >= 0.6 is 11.6 Å². The van der Waals surface area contributed by atoms with Crippen LogP contribution in [0.5, 0.6) is 0 Å². The number of rotatable bonds is 7. The first kappa shape index (κ1) is 23.1. The van der Waals surface area contributed by atoms with Gasteiger partial charge >= 0.3 is 0 Å². The highest BCUT2D eigenvalue weighted by molar-refractivity contribution is 6.30. The van der Waals surface area contributed by atoms with E-state index in [2.05, 4.69) is 10.6 Å². The Morgan fingerprint density at radius 3 is 2.29 bits per heavy atom. The van der Waals surface area contributed by atoms with Crippen molar-refractivity contribution in [2.45, 2.75) is 13.5 Å². The molecule has 4 rings (SSSR count). The van der Waals surface area contributed by atoms with Crippen molar-refractivity contribution in [3.05, 3.63) is 124 Å². The molecule has 0 spiro atoms. The predicted molar refractivity (Wildman–Crippen MR) is 134 cm³/mol. The number of aryl methyl sites for hydroxylation is 1. The minimum absolute atomic E-state index is 0.0815. The number of carbonyl (C=O) groups excluding carboxylic acids is 2. The predicted octanol–water partition coefficient (Wildman–Crippen LogP) is 6.00. The second-order valence-electron chi connectivity index (χ2n) is 7.76. The van der Waals surface area contributed by atoms with Gasteiger partial charge in [-0.15, -0.1) is 0 Å².